The van der Waals surface area contributed by atoms with Gasteiger partial charge >= 0.3 is 0 Å². The van der Waals surface area contributed by atoms with Gasteiger partial charge in [0, 0.05) is 19.4 Å². The van der Waals surface area contributed by atoms with E-state index in [0.29, 0.717) is 0 Å². The summed E-state index contributed by atoms with van der Waals surface area (Å²) in [5.41, 5.74) is 0. The predicted molar refractivity (Wildman–Crippen MR) is 67.1 cm³/mol. The second-order valence-electron chi connectivity index (χ2n) is 3.68. The van der Waals surface area contributed by atoms with Gasteiger partial charge in [-0.1, -0.05) is 6.42 Å². The molecule has 0 saturated heterocycles. The molecular weight excluding hydrogens is 206 g/mol. The van der Waals surface area contributed by atoms with Crippen LogP contribution in [-0.4, -0.2) is 28.1 Å². The lowest BCUT2D eigenvalue weighted by atomic mass is 10.2. The van der Waals surface area contributed by atoms with Crippen LogP contribution in [0.5, 0.6) is 0 Å². The molecule has 0 aromatic carbocycles. The first-order valence-electron chi connectivity index (χ1n) is 5.50. The molecule has 1 rings (SSSR count). The lowest BCUT2D eigenvalue weighted by Gasteiger charge is -2.04. The van der Waals surface area contributed by atoms with Crippen molar-refractivity contribution < 1.29 is 0 Å². The minimum absolute atomic E-state index is 0.881. The molecule has 3 nitrogen and oxygen atoms in total. The quantitative estimate of drug-likeness (QED) is 0.689. The molecule has 0 radical (unpaired) electrons. The Morgan fingerprint density at radius 1 is 1.40 bits per heavy atom. The van der Waals surface area contributed by atoms with Gasteiger partial charge in [-0.25, -0.2) is 4.98 Å². The minimum atomic E-state index is 0.881. The highest BCUT2D eigenvalue weighted by Crippen LogP contribution is 2.01. The Morgan fingerprint density at radius 2 is 2.27 bits per heavy atom. The number of aromatic nitrogens is 2. The molecule has 0 unspecified atom stereocenters. The third-order valence-corrected chi connectivity index (χ3v) is 3.10. The standard InChI is InChI=1S/C11H21N3S/c1-14-8-7-13-11(14)10-12-6-4-3-5-9-15-2/h7-8,12H,3-6,9-10H2,1-2H3. The van der Waals surface area contributed by atoms with Crippen molar-refractivity contribution in [2.75, 3.05) is 18.6 Å². The molecule has 4 heteroatoms. The van der Waals surface area contributed by atoms with Crippen LogP contribution in [0.1, 0.15) is 25.1 Å². The number of imidazole rings is 1. The number of nitrogens with one attached hydrogen (secondary N) is 1. The first-order chi connectivity index (χ1) is 7.34. The van der Waals surface area contributed by atoms with E-state index < -0.39 is 0 Å². The minimum Gasteiger partial charge on any atom is -0.337 e. The lowest BCUT2D eigenvalue weighted by molar-refractivity contribution is 0.593. The van der Waals surface area contributed by atoms with Crippen LogP contribution in [0.25, 0.3) is 0 Å². The molecule has 0 bridgehead atoms. The van der Waals surface area contributed by atoms with E-state index in [1.807, 2.05) is 31.2 Å². The molecule has 15 heavy (non-hydrogen) atoms. The maximum Gasteiger partial charge on any atom is 0.122 e. The van der Waals surface area contributed by atoms with Gasteiger partial charge < -0.3 is 9.88 Å². The first-order valence-corrected chi connectivity index (χ1v) is 6.90. The van der Waals surface area contributed by atoms with Crippen LogP contribution in [0.3, 0.4) is 0 Å². The molecule has 1 aromatic rings. The molecule has 0 saturated carbocycles. The van der Waals surface area contributed by atoms with Gasteiger partial charge in [0.2, 0.25) is 0 Å². The number of rotatable bonds is 8. The smallest absolute Gasteiger partial charge is 0.122 e. The maximum atomic E-state index is 4.26. The van der Waals surface area contributed by atoms with Crippen molar-refractivity contribution in [1.82, 2.24) is 14.9 Å². The Kier molecular flexibility index (Phi) is 6.52. The van der Waals surface area contributed by atoms with Crippen molar-refractivity contribution in [2.24, 2.45) is 7.05 Å². The van der Waals surface area contributed by atoms with Crippen LogP contribution in [0.4, 0.5) is 0 Å². The second kappa shape index (κ2) is 7.77. The average Bonchev–Trinajstić information content (AvgIpc) is 2.63. The van der Waals surface area contributed by atoms with Gasteiger partial charge in [-0.2, -0.15) is 11.8 Å². The van der Waals surface area contributed by atoms with Gasteiger partial charge in [0.25, 0.3) is 0 Å². The number of nitrogens with zero attached hydrogens (tertiary/aromatic N) is 2. The largest absolute Gasteiger partial charge is 0.337 e. The first kappa shape index (κ1) is 12.6. The Bertz CT molecular complexity index is 260. The van der Waals surface area contributed by atoms with Crippen molar-refractivity contribution in [3.05, 3.63) is 18.2 Å². The highest BCUT2D eigenvalue weighted by atomic mass is 32.2. The zero-order valence-electron chi connectivity index (χ0n) is 9.70. The molecule has 0 amide bonds. The fraction of sp³-hybridized carbons (Fsp3) is 0.727. The molecule has 0 aliphatic carbocycles. The predicted octanol–water partition coefficient (Wildman–Crippen LogP) is 2.04. The Balaban J connectivity index is 1.96. The molecule has 0 aliphatic heterocycles. The van der Waals surface area contributed by atoms with Gasteiger partial charge in [0.05, 0.1) is 6.54 Å². The normalized spacial score (nSPS) is 10.8. The van der Waals surface area contributed by atoms with Crippen molar-refractivity contribution >= 4 is 11.8 Å². The van der Waals surface area contributed by atoms with Crippen LogP contribution in [0.2, 0.25) is 0 Å². The maximum absolute atomic E-state index is 4.26. The lowest BCUT2D eigenvalue weighted by Crippen LogP contribution is -2.17. The number of aryl methyl sites for hydroxylation is 1. The topological polar surface area (TPSA) is 29.9 Å². The highest BCUT2D eigenvalue weighted by molar-refractivity contribution is 7.98. The third-order valence-electron chi connectivity index (χ3n) is 2.41. The summed E-state index contributed by atoms with van der Waals surface area (Å²) in [5.74, 6) is 2.40. The third kappa shape index (κ3) is 5.23. The van der Waals surface area contributed by atoms with Crippen LogP contribution in [-0.2, 0) is 13.6 Å². The molecule has 0 spiro atoms. The summed E-state index contributed by atoms with van der Waals surface area (Å²) in [6.07, 6.45) is 9.93. The molecule has 1 heterocycles. The van der Waals surface area contributed by atoms with Gasteiger partial charge in [0.15, 0.2) is 0 Å². The summed E-state index contributed by atoms with van der Waals surface area (Å²) in [5, 5.41) is 3.42. The van der Waals surface area contributed by atoms with E-state index in [1.165, 1.54) is 25.0 Å². The Labute approximate surface area is 96.7 Å². The zero-order chi connectivity index (χ0) is 10.9. The van der Waals surface area contributed by atoms with Crippen LogP contribution < -0.4 is 5.32 Å². The van der Waals surface area contributed by atoms with E-state index in [9.17, 15) is 0 Å². The highest BCUT2D eigenvalue weighted by Gasteiger charge is 1.97. The van der Waals surface area contributed by atoms with E-state index in [0.717, 1.165) is 18.9 Å². The average molecular weight is 227 g/mol. The number of thioether (sulfide) groups is 1. The second-order valence-corrected chi connectivity index (χ2v) is 4.67. The fourth-order valence-electron chi connectivity index (χ4n) is 1.44. The molecular formula is C11H21N3S. The zero-order valence-corrected chi connectivity index (χ0v) is 10.5. The SMILES string of the molecule is CSCCCCCNCc1nccn1C. The van der Waals surface area contributed by atoms with Crippen LogP contribution >= 0.6 is 11.8 Å². The summed E-state index contributed by atoms with van der Waals surface area (Å²) < 4.78 is 2.06. The molecule has 1 aromatic heterocycles. The monoisotopic (exact) mass is 227 g/mol. The summed E-state index contributed by atoms with van der Waals surface area (Å²) in [6, 6.07) is 0. The number of hydrogen-bond donors (Lipinski definition) is 1. The summed E-state index contributed by atoms with van der Waals surface area (Å²) in [4.78, 5) is 4.26. The Hall–Kier alpha value is -0.480. The van der Waals surface area contributed by atoms with Crippen molar-refractivity contribution in [2.45, 2.75) is 25.8 Å². The van der Waals surface area contributed by atoms with Crippen molar-refractivity contribution in [3.63, 3.8) is 0 Å². The van der Waals surface area contributed by atoms with E-state index in [-0.39, 0.29) is 0 Å². The van der Waals surface area contributed by atoms with Gasteiger partial charge in [-0.05, 0) is 31.4 Å². The fourth-order valence-corrected chi connectivity index (χ4v) is 1.93. The van der Waals surface area contributed by atoms with Crippen LogP contribution in [0.15, 0.2) is 12.4 Å². The molecule has 0 atom stereocenters. The van der Waals surface area contributed by atoms with Crippen molar-refractivity contribution in [3.8, 4) is 0 Å². The number of hydrogen-bond acceptors (Lipinski definition) is 3. The van der Waals surface area contributed by atoms with Gasteiger partial charge in [-0.3, -0.25) is 0 Å². The molecule has 1 N–H and O–H groups in total. The summed E-state index contributed by atoms with van der Waals surface area (Å²) in [7, 11) is 2.03. The molecule has 86 valence electrons. The van der Waals surface area contributed by atoms with E-state index >= 15 is 0 Å². The van der Waals surface area contributed by atoms with E-state index in [2.05, 4.69) is 21.1 Å². The molecule has 0 aliphatic rings. The summed E-state index contributed by atoms with van der Waals surface area (Å²) in [6.45, 7) is 1.98. The number of unbranched alkanes of at least 4 members (excludes halogenated alkanes) is 2. The molecule has 0 fully saturated rings. The van der Waals surface area contributed by atoms with Gasteiger partial charge in [-0.15, -0.1) is 0 Å². The van der Waals surface area contributed by atoms with Crippen molar-refractivity contribution in [1.29, 1.82) is 0 Å². The van der Waals surface area contributed by atoms with E-state index in [4.69, 9.17) is 0 Å². The van der Waals surface area contributed by atoms with Gasteiger partial charge in [0.1, 0.15) is 5.82 Å². The van der Waals surface area contributed by atoms with Crippen LogP contribution in [0, 0.1) is 0 Å². The summed E-state index contributed by atoms with van der Waals surface area (Å²) >= 11 is 1.93. The Morgan fingerprint density at radius 3 is 2.93 bits per heavy atom. The van der Waals surface area contributed by atoms with E-state index in [1.54, 1.807) is 0 Å².